The minimum absolute atomic E-state index is 0.0260. The van der Waals surface area contributed by atoms with Crippen molar-refractivity contribution in [2.24, 2.45) is 20.4 Å². The van der Waals surface area contributed by atoms with Crippen LogP contribution in [-0.2, 0) is 19.9 Å². The SMILES string of the molecule is Nc1nc2cccc(-c3ccc(S(=O)(=O)C4CNC4)c(S(N)(=O)=O)c3C3=NCN=N3)c2o1. The minimum atomic E-state index is -4.53. The summed E-state index contributed by atoms with van der Waals surface area (Å²) in [4.78, 5) is 7.25. The quantitative estimate of drug-likeness (QED) is 0.478. The van der Waals surface area contributed by atoms with Crippen molar-refractivity contribution < 1.29 is 21.3 Å². The number of amidine groups is 1. The first-order valence-corrected chi connectivity index (χ1v) is 12.5. The monoisotopic (exact) mass is 475 g/mol. The molecule has 5 rings (SSSR count). The fraction of sp³-hybridized carbons (Fsp3) is 0.222. The van der Waals surface area contributed by atoms with Crippen LogP contribution in [-0.4, -0.2) is 52.7 Å². The van der Waals surface area contributed by atoms with Gasteiger partial charge in [0.1, 0.15) is 10.4 Å². The first-order valence-electron chi connectivity index (χ1n) is 9.40. The third-order valence-electron chi connectivity index (χ3n) is 5.29. The largest absolute Gasteiger partial charge is 0.423 e. The van der Waals surface area contributed by atoms with Crippen LogP contribution in [0.3, 0.4) is 0 Å². The van der Waals surface area contributed by atoms with E-state index in [4.69, 9.17) is 15.3 Å². The molecule has 0 saturated carbocycles. The molecule has 0 bridgehead atoms. The standard InChI is InChI=1S/C18H17N7O5S2/c19-18-24-12-3-1-2-11(15(12)30-18)10-4-5-13(31(26,27)9-6-21-7-9)16(32(20,28)29)14(10)17-22-8-23-25-17/h1-5,9,21H,6-8H2,(H2,19,24)(H2,20,28,29). The number of nitrogen functional groups attached to an aromatic ring is 1. The van der Waals surface area contributed by atoms with Gasteiger partial charge < -0.3 is 15.5 Å². The number of nitrogens with two attached hydrogens (primary N) is 2. The number of oxazole rings is 1. The number of para-hydroxylation sites is 1. The van der Waals surface area contributed by atoms with Gasteiger partial charge in [-0.2, -0.15) is 10.1 Å². The average molecular weight is 476 g/mol. The molecule has 0 aliphatic carbocycles. The van der Waals surface area contributed by atoms with Gasteiger partial charge in [0.25, 0.3) is 6.01 Å². The van der Waals surface area contributed by atoms with Crippen LogP contribution < -0.4 is 16.2 Å². The van der Waals surface area contributed by atoms with Gasteiger partial charge in [0, 0.05) is 18.7 Å². The van der Waals surface area contributed by atoms with Crippen molar-refractivity contribution in [1.29, 1.82) is 0 Å². The highest BCUT2D eigenvalue weighted by molar-refractivity contribution is 7.94. The van der Waals surface area contributed by atoms with Gasteiger partial charge in [-0.1, -0.05) is 18.2 Å². The number of sulfone groups is 1. The number of primary sulfonamides is 1. The fourth-order valence-electron chi connectivity index (χ4n) is 3.71. The van der Waals surface area contributed by atoms with Crippen molar-refractivity contribution >= 4 is 42.8 Å². The maximum atomic E-state index is 13.2. The number of aliphatic imine (C=N–C) groups is 1. The number of nitrogens with one attached hydrogen (secondary N) is 1. The number of sulfonamides is 1. The third-order valence-corrected chi connectivity index (χ3v) is 8.58. The van der Waals surface area contributed by atoms with Crippen LogP contribution in [0.15, 0.2) is 59.8 Å². The molecule has 14 heteroatoms. The van der Waals surface area contributed by atoms with Crippen LogP contribution in [0.5, 0.6) is 0 Å². The smallest absolute Gasteiger partial charge is 0.293 e. The zero-order valence-corrected chi connectivity index (χ0v) is 18.0. The summed E-state index contributed by atoms with van der Waals surface area (Å²) in [5, 5.41) is 15.4. The summed E-state index contributed by atoms with van der Waals surface area (Å²) in [5.41, 5.74) is 7.08. The van der Waals surface area contributed by atoms with E-state index in [-0.39, 0.29) is 37.2 Å². The van der Waals surface area contributed by atoms with E-state index >= 15 is 0 Å². The second kappa shape index (κ2) is 7.16. The number of nitrogens with zero attached hydrogens (tertiary/aromatic N) is 4. The molecule has 3 aromatic rings. The van der Waals surface area contributed by atoms with Crippen LogP contribution in [0.4, 0.5) is 6.01 Å². The maximum Gasteiger partial charge on any atom is 0.293 e. The molecule has 1 aromatic heterocycles. The Morgan fingerprint density at radius 1 is 1.06 bits per heavy atom. The molecule has 5 N–H and O–H groups in total. The summed E-state index contributed by atoms with van der Waals surface area (Å²) in [7, 11) is -8.54. The number of hydrogen-bond donors (Lipinski definition) is 3. The lowest BCUT2D eigenvalue weighted by atomic mass is 9.98. The molecule has 0 amide bonds. The van der Waals surface area contributed by atoms with Gasteiger partial charge in [-0.25, -0.2) is 27.0 Å². The van der Waals surface area contributed by atoms with E-state index in [0.717, 1.165) is 0 Å². The fourth-order valence-corrected chi connectivity index (χ4v) is 6.90. The van der Waals surface area contributed by atoms with E-state index in [1.807, 2.05) is 0 Å². The van der Waals surface area contributed by atoms with Crippen molar-refractivity contribution in [3.05, 3.63) is 35.9 Å². The van der Waals surface area contributed by atoms with E-state index in [2.05, 4.69) is 25.5 Å². The van der Waals surface area contributed by atoms with E-state index in [9.17, 15) is 16.8 Å². The normalized spacial score (nSPS) is 17.0. The Bertz CT molecular complexity index is 1540. The topological polar surface area (TPSA) is 195 Å². The first-order chi connectivity index (χ1) is 15.2. The van der Waals surface area contributed by atoms with Crippen LogP contribution in [0.1, 0.15) is 5.56 Å². The van der Waals surface area contributed by atoms with E-state index in [1.165, 1.54) is 12.1 Å². The van der Waals surface area contributed by atoms with Crippen LogP contribution in [0, 0.1) is 0 Å². The molecule has 2 aromatic carbocycles. The zero-order valence-electron chi connectivity index (χ0n) is 16.4. The van der Waals surface area contributed by atoms with Gasteiger partial charge >= 0.3 is 0 Å². The van der Waals surface area contributed by atoms with Crippen molar-refractivity contribution in [2.45, 2.75) is 15.0 Å². The molecule has 1 fully saturated rings. The number of rotatable bonds is 5. The van der Waals surface area contributed by atoms with Crippen molar-refractivity contribution in [3.8, 4) is 11.1 Å². The summed E-state index contributed by atoms with van der Waals surface area (Å²) >= 11 is 0. The van der Waals surface area contributed by atoms with Gasteiger partial charge in [-0.3, -0.25) is 0 Å². The van der Waals surface area contributed by atoms with E-state index < -0.39 is 34.9 Å². The Balaban J connectivity index is 1.90. The number of fused-ring (bicyclic) bond motifs is 1. The molecule has 0 atom stereocenters. The molecule has 2 aliphatic rings. The molecule has 32 heavy (non-hydrogen) atoms. The van der Waals surface area contributed by atoms with Gasteiger partial charge in [0.15, 0.2) is 27.9 Å². The Labute approximate surface area is 182 Å². The minimum Gasteiger partial charge on any atom is -0.423 e. The van der Waals surface area contributed by atoms with Crippen molar-refractivity contribution in [1.82, 2.24) is 10.3 Å². The van der Waals surface area contributed by atoms with Gasteiger partial charge in [-0.05, 0) is 17.7 Å². The highest BCUT2D eigenvalue weighted by atomic mass is 32.2. The third kappa shape index (κ3) is 3.19. The van der Waals surface area contributed by atoms with Crippen LogP contribution in [0.2, 0.25) is 0 Å². The Morgan fingerprint density at radius 2 is 1.84 bits per heavy atom. The Morgan fingerprint density at radius 3 is 2.47 bits per heavy atom. The molecule has 2 aliphatic heterocycles. The Hall–Kier alpha value is -3.20. The lowest BCUT2D eigenvalue weighted by Gasteiger charge is -2.28. The molecular weight excluding hydrogens is 458 g/mol. The molecular formula is C18H17N7O5S2. The zero-order chi connectivity index (χ0) is 22.7. The average Bonchev–Trinajstić information content (AvgIpc) is 3.32. The second-order valence-electron chi connectivity index (χ2n) is 7.26. The van der Waals surface area contributed by atoms with E-state index in [0.29, 0.717) is 22.2 Å². The molecule has 0 spiro atoms. The second-order valence-corrected chi connectivity index (χ2v) is 11.0. The first kappa shape index (κ1) is 20.7. The van der Waals surface area contributed by atoms with Gasteiger partial charge in [0.2, 0.25) is 10.0 Å². The highest BCUT2D eigenvalue weighted by Crippen LogP contribution is 2.39. The number of hydrogen-bond acceptors (Lipinski definition) is 11. The Kier molecular flexibility index (Phi) is 4.63. The summed E-state index contributed by atoms with van der Waals surface area (Å²) in [6.45, 7) is 0.392. The van der Waals surface area contributed by atoms with Gasteiger partial charge in [-0.15, -0.1) is 5.11 Å². The lowest BCUT2D eigenvalue weighted by Crippen LogP contribution is -2.51. The van der Waals surface area contributed by atoms with Gasteiger partial charge in [0.05, 0.1) is 15.7 Å². The van der Waals surface area contributed by atoms with Crippen molar-refractivity contribution in [2.75, 3.05) is 25.5 Å². The lowest BCUT2D eigenvalue weighted by molar-refractivity contribution is 0.493. The number of benzene rings is 2. The predicted octanol–water partition coefficient (Wildman–Crippen LogP) is 0.640. The number of aromatic nitrogens is 1. The number of anilines is 1. The summed E-state index contributed by atoms with van der Waals surface area (Å²) in [6, 6.07) is 7.66. The summed E-state index contributed by atoms with van der Waals surface area (Å²) in [5.74, 6) is -0.0442. The predicted molar refractivity (Wildman–Crippen MR) is 115 cm³/mol. The van der Waals surface area contributed by atoms with Crippen molar-refractivity contribution in [3.63, 3.8) is 0 Å². The molecule has 3 heterocycles. The van der Waals surface area contributed by atoms with Crippen LogP contribution in [0.25, 0.3) is 22.2 Å². The van der Waals surface area contributed by atoms with Crippen LogP contribution >= 0.6 is 0 Å². The maximum absolute atomic E-state index is 13.2. The van der Waals surface area contributed by atoms with E-state index in [1.54, 1.807) is 18.2 Å². The summed E-state index contributed by atoms with van der Waals surface area (Å²) < 4.78 is 57.5. The number of azo groups is 1. The summed E-state index contributed by atoms with van der Waals surface area (Å²) in [6.07, 6.45) is 0. The molecule has 0 unspecified atom stereocenters. The highest BCUT2D eigenvalue weighted by Gasteiger charge is 2.39. The molecule has 0 radical (unpaired) electrons. The molecule has 12 nitrogen and oxygen atoms in total. The molecule has 166 valence electrons. The molecule has 1 saturated heterocycles.